The van der Waals surface area contributed by atoms with E-state index in [-0.39, 0.29) is 11.7 Å². The zero-order valence-corrected chi connectivity index (χ0v) is 13.5. The first-order valence-electron chi connectivity index (χ1n) is 7.66. The highest BCUT2D eigenvalue weighted by molar-refractivity contribution is 6.25. The van der Waals surface area contributed by atoms with Gasteiger partial charge in [-0.2, -0.15) is 0 Å². The van der Waals surface area contributed by atoms with Crippen LogP contribution in [0.2, 0.25) is 0 Å². The second-order valence-electron chi connectivity index (χ2n) is 5.39. The van der Waals surface area contributed by atoms with E-state index in [4.69, 9.17) is 4.74 Å². The van der Waals surface area contributed by atoms with Gasteiger partial charge in [0.25, 0.3) is 5.91 Å². The lowest BCUT2D eigenvalue weighted by atomic mass is 9.96. The highest BCUT2D eigenvalue weighted by Gasteiger charge is 2.36. The summed E-state index contributed by atoms with van der Waals surface area (Å²) in [6.07, 6.45) is -0.674. The maximum absolute atomic E-state index is 12.9. The van der Waals surface area contributed by atoms with Gasteiger partial charge in [-0.1, -0.05) is 42.5 Å². The summed E-state index contributed by atoms with van der Waals surface area (Å²) < 4.78 is 5.82. The van der Waals surface area contributed by atoms with Crippen LogP contribution in [0.25, 0.3) is 5.57 Å². The van der Waals surface area contributed by atoms with Crippen LogP contribution in [0, 0.1) is 0 Å². The Bertz CT molecular complexity index is 812. The molecule has 3 rings (SSSR count). The number of benzene rings is 2. The second kappa shape index (κ2) is 6.58. The quantitative estimate of drug-likeness (QED) is 0.906. The van der Waals surface area contributed by atoms with Crippen molar-refractivity contribution in [3.8, 4) is 0 Å². The number of amides is 1. The van der Waals surface area contributed by atoms with E-state index in [2.05, 4.69) is 10.6 Å². The third kappa shape index (κ3) is 2.76. The lowest BCUT2D eigenvalue weighted by Gasteiger charge is -2.11. The molecule has 1 atom stereocenters. The average Bonchev–Trinajstić information content (AvgIpc) is 2.98. The van der Waals surface area contributed by atoms with Crippen LogP contribution in [0.3, 0.4) is 0 Å². The van der Waals surface area contributed by atoms with E-state index < -0.39 is 6.10 Å². The zero-order chi connectivity index (χ0) is 17.1. The van der Waals surface area contributed by atoms with Crippen molar-refractivity contribution in [2.45, 2.75) is 6.10 Å². The molecular formula is C19H18N2O3. The monoisotopic (exact) mass is 322 g/mol. The van der Waals surface area contributed by atoms with E-state index in [1.807, 2.05) is 30.3 Å². The molecule has 0 saturated carbocycles. The summed E-state index contributed by atoms with van der Waals surface area (Å²) >= 11 is 0. The third-order valence-corrected chi connectivity index (χ3v) is 3.92. The Morgan fingerprint density at radius 3 is 2.46 bits per heavy atom. The molecule has 122 valence electrons. The maximum atomic E-state index is 12.9. The van der Waals surface area contributed by atoms with Gasteiger partial charge in [0.15, 0.2) is 12.0 Å². The number of rotatable bonds is 4. The Morgan fingerprint density at radius 2 is 1.79 bits per heavy atom. The number of hydrogen-bond donors (Lipinski definition) is 2. The van der Waals surface area contributed by atoms with Crippen LogP contribution in [0.1, 0.15) is 27.6 Å². The molecule has 0 saturated heterocycles. The van der Waals surface area contributed by atoms with Crippen molar-refractivity contribution in [2.24, 2.45) is 0 Å². The fourth-order valence-corrected chi connectivity index (χ4v) is 2.74. The molecule has 2 aromatic carbocycles. The van der Waals surface area contributed by atoms with Crippen molar-refractivity contribution in [3.05, 3.63) is 77.2 Å². The van der Waals surface area contributed by atoms with Crippen molar-refractivity contribution in [1.82, 2.24) is 10.6 Å². The van der Waals surface area contributed by atoms with Gasteiger partial charge in [0.2, 0.25) is 5.78 Å². The summed E-state index contributed by atoms with van der Waals surface area (Å²) in [5, 5.41) is 5.52. The van der Waals surface area contributed by atoms with E-state index in [1.165, 1.54) is 0 Å². The van der Waals surface area contributed by atoms with Crippen molar-refractivity contribution >= 4 is 17.3 Å². The molecule has 1 aliphatic rings. The molecule has 0 fully saturated rings. The third-order valence-electron chi connectivity index (χ3n) is 3.92. The number of ether oxygens (including phenoxy) is 1. The molecule has 5 nitrogen and oxygen atoms in total. The Labute approximate surface area is 140 Å². The molecule has 0 aliphatic carbocycles. The van der Waals surface area contributed by atoms with Crippen molar-refractivity contribution < 1.29 is 14.3 Å². The highest BCUT2D eigenvalue weighted by atomic mass is 16.5. The van der Waals surface area contributed by atoms with Crippen LogP contribution in [0.15, 0.2) is 60.5 Å². The Morgan fingerprint density at radius 1 is 1.04 bits per heavy atom. The minimum atomic E-state index is -0.674. The first-order chi connectivity index (χ1) is 11.7. The normalized spacial score (nSPS) is 16.8. The lowest BCUT2D eigenvalue weighted by molar-refractivity contribution is -0.120. The molecule has 24 heavy (non-hydrogen) atoms. The van der Waals surface area contributed by atoms with Crippen LogP contribution >= 0.6 is 0 Å². The largest absolute Gasteiger partial charge is 0.462 e. The highest BCUT2D eigenvalue weighted by Crippen LogP contribution is 2.37. The minimum absolute atomic E-state index is 0.125. The molecular weight excluding hydrogens is 304 g/mol. The van der Waals surface area contributed by atoms with Crippen LogP contribution < -0.4 is 10.6 Å². The standard InChI is InChI=1S/C19H18N2O3/c1-20-18(23)14-10-6-9-13(11-14)15-16(22)17(24-19(15)21-2)12-7-4-3-5-8-12/h3-11,17,21H,1-2H3,(H,20,23). The fourth-order valence-electron chi connectivity index (χ4n) is 2.74. The number of Topliss-reactive ketones (excluding diaryl/α,β-unsaturated/α-hetero) is 1. The summed E-state index contributed by atoms with van der Waals surface area (Å²) in [4.78, 5) is 24.7. The molecule has 5 heteroatoms. The topological polar surface area (TPSA) is 67.4 Å². The van der Waals surface area contributed by atoms with E-state index in [0.717, 1.165) is 5.56 Å². The Hall–Kier alpha value is -3.08. The summed E-state index contributed by atoms with van der Waals surface area (Å²) in [5.41, 5.74) is 2.41. The summed E-state index contributed by atoms with van der Waals surface area (Å²) in [6, 6.07) is 16.3. The fraction of sp³-hybridized carbons (Fsp3) is 0.158. The van der Waals surface area contributed by atoms with Crippen molar-refractivity contribution in [3.63, 3.8) is 0 Å². The first-order valence-corrected chi connectivity index (χ1v) is 7.66. The molecule has 0 bridgehead atoms. The molecule has 1 aliphatic heterocycles. The van der Waals surface area contributed by atoms with Gasteiger partial charge in [0, 0.05) is 25.2 Å². The molecule has 2 N–H and O–H groups in total. The maximum Gasteiger partial charge on any atom is 0.251 e. The predicted octanol–water partition coefficient (Wildman–Crippen LogP) is 2.27. The van der Waals surface area contributed by atoms with Crippen molar-refractivity contribution in [2.75, 3.05) is 14.1 Å². The van der Waals surface area contributed by atoms with Gasteiger partial charge in [-0.15, -0.1) is 0 Å². The lowest BCUT2D eigenvalue weighted by Crippen LogP contribution is -2.18. The van der Waals surface area contributed by atoms with E-state index >= 15 is 0 Å². The SMILES string of the molecule is CNC(=O)c1cccc(C2=C(NC)OC(c3ccccc3)C2=O)c1. The smallest absolute Gasteiger partial charge is 0.251 e. The van der Waals surface area contributed by atoms with Gasteiger partial charge in [-0.25, -0.2) is 0 Å². The molecule has 0 spiro atoms. The van der Waals surface area contributed by atoms with E-state index in [0.29, 0.717) is 22.6 Å². The van der Waals surface area contributed by atoms with Gasteiger partial charge < -0.3 is 15.4 Å². The average molecular weight is 322 g/mol. The number of carbonyl (C=O) groups is 2. The number of nitrogens with one attached hydrogen (secondary N) is 2. The zero-order valence-electron chi connectivity index (χ0n) is 13.5. The van der Waals surface area contributed by atoms with Crippen LogP contribution in [-0.2, 0) is 9.53 Å². The first kappa shape index (κ1) is 15.8. The number of hydrogen-bond acceptors (Lipinski definition) is 4. The van der Waals surface area contributed by atoms with Crippen molar-refractivity contribution in [1.29, 1.82) is 0 Å². The molecule has 1 unspecified atom stereocenters. The molecule has 0 radical (unpaired) electrons. The van der Waals surface area contributed by atoms with Gasteiger partial charge in [-0.3, -0.25) is 9.59 Å². The Balaban J connectivity index is 2.00. The van der Waals surface area contributed by atoms with Crippen LogP contribution in [0.5, 0.6) is 0 Å². The van der Waals surface area contributed by atoms with Gasteiger partial charge in [0.05, 0.1) is 5.57 Å². The summed E-state index contributed by atoms with van der Waals surface area (Å²) in [6.45, 7) is 0. The van der Waals surface area contributed by atoms with Gasteiger partial charge in [-0.05, 0) is 17.7 Å². The molecule has 0 aromatic heterocycles. The summed E-state index contributed by atoms with van der Waals surface area (Å²) in [5.74, 6) is 0.0944. The predicted molar refractivity (Wildman–Crippen MR) is 91.1 cm³/mol. The van der Waals surface area contributed by atoms with E-state index in [1.54, 1.807) is 38.4 Å². The number of ketones is 1. The number of carbonyl (C=O) groups excluding carboxylic acids is 2. The van der Waals surface area contributed by atoms with E-state index in [9.17, 15) is 9.59 Å². The van der Waals surface area contributed by atoms with Gasteiger partial charge in [0.1, 0.15) is 0 Å². The molecule has 2 aromatic rings. The van der Waals surface area contributed by atoms with Crippen LogP contribution in [0.4, 0.5) is 0 Å². The molecule has 1 amide bonds. The van der Waals surface area contributed by atoms with Crippen LogP contribution in [-0.4, -0.2) is 25.8 Å². The minimum Gasteiger partial charge on any atom is -0.462 e. The second-order valence-corrected chi connectivity index (χ2v) is 5.39. The summed E-state index contributed by atoms with van der Waals surface area (Å²) in [7, 11) is 3.28. The van der Waals surface area contributed by atoms with Gasteiger partial charge >= 0.3 is 0 Å². The molecule has 1 heterocycles. The Kier molecular flexibility index (Phi) is 4.33.